The standard InChI is InChI=1S/C7H12OS/c1-3-6(5-9)7(8)4-2/h1,6-9H,4-5H2,2H3/t6-,7?/m0/s1. The molecule has 1 N–H and O–H groups in total. The van der Waals surface area contributed by atoms with E-state index in [4.69, 9.17) is 11.5 Å². The van der Waals surface area contributed by atoms with Gasteiger partial charge in [0.1, 0.15) is 0 Å². The molecule has 52 valence electrons. The highest BCUT2D eigenvalue weighted by atomic mass is 32.1. The summed E-state index contributed by atoms with van der Waals surface area (Å²) in [7, 11) is 0. The van der Waals surface area contributed by atoms with Gasteiger partial charge in [0.05, 0.1) is 12.0 Å². The lowest BCUT2D eigenvalue weighted by molar-refractivity contribution is 0.139. The maximum Gasteiger partial charge on any atom is 0.0682 e. The molecular weight excluding hydrogens is 132 g/mol. The highest BCUT2D eigenvalue weighted by molar-refractivity contribution is 7.80. The van der Waals surface area contributed by atoms with Gasteiger partial charge in [0.25, 0.3) is 0 Å². The van der Waals surface area contributed by atoms with Crippen molar-refractivity contribution in [3.05, 3.63) is 0 Å². The second-order valence-electron chi connectivity index (χ2n) is 1.93. The van der Waals surface area contributed by atoms with E-state index in [0.29, 0.717) is 12.2 Å². The monoisotopic (exact) mass is 144 g/mol. The summed E-state index contributed by atoms with van der Waals surface area (Å²) in [4.78, 5) is 0. The van der Waals surface area contributed by atoms with E-state index < -0.39 is 0 Å². The molecule has 0 saturated carbocycles. The van der Waals surface area contributed by atoms with Crippen LogP contribution in [0, 0.1) is 18.3 Å². The van der Waals surface area contributed by atoms with Gasteiger partial charge in [-0.1, -0.05) is 12.8 Å². The Balaban J connectivity index is 3.68. The number of hydrogen-bond acceptors (Lipinski definition) is 2. The van der Waals surface area contributed by atoms with Crippen LogP contribution in [-0.4, -0.2) is 17.0 Å². The van der Waals surface area contributed by atoms with E-state index in [0.717, 1.165) is 0 Å². The average molecular weight is 144 g/mol. The van der Waals surface area contributed by atoms with Gasteiger partial charge in [0.15, 0.2) is 0 Å². The van der Waals surface area contributed by atoms with Gasteiger partial charge in [0, 0.05) is 5.75 Å². The summed E-state index contributed by atoms with van der Waals surface area (Å²) in [6.45, 7) is 1.90. The zero-order chi connectivity index (χ0) is 7.28. The van der Waals surface area contributed by atoms with Gasteiger partial charge >= 0.3 is 0 Å². The van der Waals surface area contributed by atoms with Crippen LogP contribution in [0.4, 0.5) is 0 Å². The largest absolute Gasteiger partial charge is 0.392 e. The van der Waals surface area contributed by atoms with Gasteiger partial charge in [-0.15, -0.1) is 6.42 Å². The lowest BCUT2D eigenvalue weighted by atomic mass is 10.0. The van der Waals surface area contributed by atoms with Crippen molar-refractivity contribution < 1.29 is 5.11 Å². The summed E-state index contributed by atoms with van der Waals surface area (Å²) in [6.07, 6.45) is 5.42. The second-order valence-corrected chi connectivity index (χ2v) is 2.30. The Morgan fingerprint density at radius 2 is 2.33 bits per heavy atom. The first-order valence-corrected chi connectivity index (χ1v) is 3.64. The van der Waals surface area contributed by atoms with Crippen LogP contribution in [0.25, 0.3) is 0 Å². The molecule has 0 bridgehead atoms. The van der Waals surface area contributed by atoms with E-state index in [-0.39, 0.29) is 12.0 Å². The predicted octanol–water partition coefficient (Wildman–Crippen LogP) is 0.936. The molecule has 0 aromatic heterocycles. The zero-order valence-electron chi connectivity index (χ0n) is 5.54. The minimum Gasteiger partial charge on any atom is -0.392 e. The maximum absolute atomic E-state index is 9.13. The van der Waals surface area contributed by atoms with Gasteiger partial charge in [0.2, 0.25) is 0 Å². The molecule has 0 saturated heterocycles. The fraction of sp³-hybridized carbons (Fsp3) is 0.714. The quantitative estimate of drug-likeness (QED) is 0.446. The molecule has 0 aromatic rings. The van der Waals surface area contributed by atoms with Crippen molar-refractivity contribution in [3.8, 4) is 12.3 Å². The molecule has 0 aliphatic rings. The normalized spacial score (nSPS) is 16.2. The number of rotatable bonds is 3. The van der Waals surface area contributed by atoms with Crippen molar-refractivity contribution >= 4 is 12.6 Å². The van der Waals surface area contributed by atoms with Crippen LogP contribution in [-0.2, 0) is 0 Å². The Kier molecular flexibility index (Phi) is 4.65. The Morgan fingerprint density at radius 1 is 1.78 bits per heavy atom. The first-order chi connectivity index (χ1) is 4.26. The lowest BCUT2D eigenvalue weighted by Gasteiger charge is -2.12. The SMILES string of the molecule is C#C[C@@H](CS)C(O)CC. The molecule has 2 atom stereocenters. The molecule has 0 rings (SSSR count). The predicted molar refractivity (Wildman–Crippen MR) is 42.5 cm³/mol. The summed E-state index contributed by atoms with van der Waals surface area (Å²) in [6, 6.07) is 0. The van der Waals surface area contributed by atoms with Gasteiger partial charge in [-0.05, 0) is 6.42 Å². The van der Waals surface area contributed by atoms with Gasteiger partial charge in [-0.3, -0.25) is 0 Å². The van der Waals surface area contributed by atoms with Crippen LogP contribution >= 0.6 is 12.6 Å². The smallest absolute Gasteiger partial charge is 0.0682 e. The number of aliphatic hydroxyl groups is 1. The van der Waals surface area contributed by atoms with E-state index in [9.17, 15) is 0 Å². The summed E-state index contributed by atoms with van der Waals surface area (Å²) < 4.78 is 0. The fourth-order valence-electron chi connectivity index (χ4n) is 0.570. The van der Waals surface area contributed by atoms with Crippen molar-refractivity contribution in [2.75, 3.05) is 5.75 Å². The summed E-state index contributed by atoms with van der Waals surface area (Å²) in [5.74, 6) is 2.95. The van der Waals surface area contributed by atoms with E-state index in [2.05, 4.69) is 18.5 Å². The molecule has 0 aliphatic carbocycles. The summed E-state index contributed by atoms with van der Waals surface area (Å²) >= 11 is 3.99. The minimum absolute atomic E-state index is 0.0849. The zero-order valence-corrected chi connectivity index (χ0v) is 6.44. The Morgan fingerprint density at radius 3 is 2.44 bits per heavy atom. The van der Waals surface area contributed by atoms with Crippen molar-refractivity contribution in [1.82, 2.24) is 0 Å². The van der Waals surface area contributed by atoms with Crippen molar-refractivity contribution in [1.29, 1.82) is 0 Å². The average Bonchev–Trinajstić information content (AvgIpc) is 1.90. The molecule has 2 heteroatoms. The lowest BCUT2D eigenvalue weighted by Crippen LogP contribution is -2.18. The minimum atomic E-state index is -0.382. The van der Waals surface area contributed by atoms with Crippen LogP contribution in [0.3, 0.4) is 0 Å². The summed E-state index contributed by atoms with van der Waals surface area (Å²) in [5, 5.41) is 9.13. The van der Waals surface area contributed by atoms with Crippen LogP contribution in [0.1, 0.15) is 13.3 Å². The molecule has 0 spiro atoms. The van der Waals surface area contributed by atoms with E-state index >= 15 is 0 Å². The summed E-state index contributed by atoms with van der Waals surface area (Å²) in [5.41, 5.74) is 0. The molecule has 0 aromatic carbocycles. The van der Waals surface area contributed by atoms with E-state index in [1.54, 1.807) is 0 Å². The highest BCUT2D eigenvalue weighted by Gasteiger charge is 2.11. The Bertz CT molecular complexity index is 106. The third-order valence-corrected chi connectivity index (χ3v) is 1.69. The molecule has 0 aliphatic heterocycles. The van der Waals surface area contributed by atoms with Gasteiger partial charge in [-0.2, -0.15) is 12.6 Å². The first kappa shape index (κ1) is 8.87. The first-order valence-electron chi connectivity index (χ1n) is 3.01. The molecule has 0 fully saturated rings. The van der Waals surface area contributed by atoms with Crippen molar-refractivity contribution in [2.45, 2.75) is 19.4 Å². The van der Waals surface area contributed by atoms with Crippen LogP contribution < -0.4 is 0 Å². The van der Waals surface area contributed by atoms with E-state index in [1.165, 1.54) is 0 Å². The molecule has 9 heavy (non-hydrogen) atoms. The van der Waals surface area contributed by atoms with Crippen molar-refractivity contribution in [3.63, 3.8) is 0 Å². The highest BCUT2D eigenvalue weighted by Crippen LogP contribution is 2.06. The number of terminal acetylenes is 1. The third-order valence-electron chi connectivity index (χ3n) is 1.29. The molecule has 0 amide bonds. The van der Waals surface area contributed by atoms with Crippen LogP contribution in [0.5, 0.6) is 0 Å². The van der Waals surface area contributed by atoms with Gasteiger partial charge in [-0.25, -0.2) is 0 Å². The number of hydrogen-bond donors (Lipinski definition) is 2. The Labute approximate surface area is 61.9 Å². The topological polar surface area (TPSA) is 20.2 Å². The molecule has 1 nitrogen and oxygen atoms in total. The van der Waals surface area contributed by atoms with Crippen LogP contribution in [0.15, 0.2) is 0 Å². The molecule has 1 unspecified atom stereocenters. The molecular formula is C7H12OS. The second kappa shape index (κ2) is 4.72. The fourth-order valence-corrected chi connectivity index (χ4v) is 0.919. The van der Waals surface area contributed by atoms with Gasteiger partial charge < -0.3 is 5.11 Å². The third kappa shape index (κ3) is 2.78. The number of thiol groups is 1. The van der Waals surface area contributed by atoms with E-state index in [1.807, 2.05) is 6.92 Å². The van der Waals surface area contributed by atoms with Crippen LogP contribution in [0.2, 0.25) is 0 Å². The maximum atomic E-state index is 9.13. The number of aliphatic hydroxyl groups excluding tert-OH is 1. The molecule has 0 radical (unpaired) electrons. The van der Waals surface area contributed by atoms with Crippen molar-refractivity contribution in [2.24, 2.45) is 5.92 Å². The molecule has 0 heterocycles. The Hall–Kier alpha value is -0.130.